The number of carbonyl (C=O) groups excluding carboxylic acids is 1. The SMILES string of the molecule is CC1CN(c2ncccc2C(=O)NS(=O)(=O)c2cccc(N(C)c3cccc(Cl)c3)n2)C(C)(C)C1. The molecule has 3 heterocycles. The number of nitrogens with zero attached hydrogens (tertiary/aromatic N) is 4. The first-order chi connectivity index (χ1) is 16.5. The Bertz CT molecular complexity index is 1360. The number of halogens is 1. The molecule has 1 amide bonds. The van der Waals surface area contributed by atoms with E-state index in [1.54, 1.807) is 60.6 Å². The second-order valence-electron chi connectivity index (χ2n) is 9.41. The van der Waals surface area contributed by atoms with Crippen molar-refractivity contribution in [2.75, 3.05) is 23.4 Å². The number of hydrogen-bond donors (Lipinski definition) is 1. The Morgan fingerprint density at radius 2 is 1.91 bits per heavy atom. The lowest BCUT2D eigenvalue weighted by molar-refractivity contribution is 0.0981. The molecule has 10 heteroatoms. The predicted molar refractivity (Wildman–Crippen MR) is 138 cm³/mol. The van der Waals surface area contributed by atoms with E-state index in [1.807, 2.05) is 6.07 Å². The lowest BCUT2D eigenvalue weighted by Crippen LogP contribution is -2.41. The molecule has 4 rings (SSSR count). The quantitative estimate of drug-likeness (QED) is 0.513. The number of amides is 1. The Labute approximate surface area is 211 Å². The topological polar surface area (TPSA) is 95.5 Å². The lowest BCUT2D eigenvalue weighted by Gasteiger charge is -2.33. The molecule has 0 bridgehead atoms. The van der Waals surface area contributed by atoms with Gasteiger partial charge in [0.15, 0.2) is 5.03 Å². The van der Waals surface area contributed by atoms with Crippen LogP contribution in [0.4, 0.5) is 17.3 Å². The van der Waals surface area contributed by atoms with Crippen molar-refractivity contribution in [2.45, 2.75) is 37.8 Å². The minimum Gasteiger partial charge on any atom is -0.351 e. The Kier molecular flexibility index (Phi) is 6.75. The molecule has 2 aromatic heterocycles. The number of rotatable bonds is 6. The molecule has 1 unspecified atom stereocenters. The van der Waals surface area contributed by atoms with Gasteiger partial charge in [-0.25, -0.2) is 14.7 Å². The van der Waals surface area contributed by atoms with Gasteiger partial charge in [-0.15, -0.1) is 0 Å². The normalized spacial score (nSPS) is 17.3. The van der Waals surface area contributed by atoms with Crippen molar-refractivity contribution < 1.29 is 13.2 Å². The average molecular weight is 514 g/mol. The summed E-state index contributed by atoms with van der Waals surface area (Å²) in [5, 5.41) is 0.283. The molecule has 1 atom stereocenters. The molecule has 1 N–H and O–H groups in total. The van der Waals surface area contributed by atoms with Gasteiger partial charge in [-0.3, -0.25) is 4.79 Å². The molecule has 1 fully saturated rings. The van der Waals surface area contributed by atoms with E-state index >= 15 is 0 Å². The van der Waals surface area contributed by atoms with Crippen LogP contribution in [0.1, 0.15) is 37.6 Å². The summed E-state index contributed by atoms with van der Waals surface area (Å²) in [6.45, 7) is 7.06. The number of nitrogens with one attached hydrogen (secondary N) is 1. The van der Waals surface area contributed by atoms with Crippen molar-refractivity contribution in [1.82, 2.24) is 14.7 Å². The van der Waals surface area contributed by atoms with Crippen LogP contribution in [0.2, 0.25) is 5.02 Å². The summed E-state index contributed by atoms with van der Waals surface area (Å²) in [7, 11) is -2.49. The number of pyridine rings is 2. The number of aromatic nitrogens is 2. The Morgan fingerprint density at radius 3 is 2.60 bits per heavy atom. The first-order valence-corrected chi connectivity index (χ1v) is 13.1. The summed E-state index contributed by atoms with van der Waals surface area (Å²) >= 11 is 6.08. The van der Waals surface area contributed by atoms with Crippen LogP contribution in [0.15, 0.2) is 65.8 Å². The van der Waals surface area contributed by atoms with Crippen molar-refractivity contribution in [3.8, 4) is 0 Å². The summed E-state index contributed by atoms with van der Waals surface area (Å²) in [6, 6.07) is 14.9. The van der Waals surface area contributed by atoms with Gasteiger partial charge < -0.3 is 9.80 Å². The molecule has 1 aromatic carbocycles. The van der Waals surface area contributed by atoms with Crippen molar-refractivity contribution >= 4 is 44.9 Å². The van der Waals surface area contributed by atoms with E-state index in [9.17, 15) is 13.2 Å². The molecular formula is C25H28ClN5O3S. The van der Waals surface area contributed by atoms with Gasteiger partial charge in [0.05, 0.1) is 5.56 Å². The molecule has 0 aliphatic carbocycles. The molecule has 1 aliphatic rings. The van der Waals surface area contributed by atoms with E-state index in [4.69, 9.17) is 11.6 Å². The van der Waals surface area contributed by atoms with Crippen LogP contribution < -0.4 is 14.5 Å². The summed E-state index contributed by atoms with van der Waals surface area (Å²) in [5.74, 6) is 0.531. The van der Waals surface area contributed by atoms with Crippen molar-refractivity contribution in [3.63, 3.8) is 0 Å². The standard InChI is InChI=1S/C25H28ClN5O3S/c1-17-15-25(2,3)31(16-17)23-20(10-7-13-27-23)24(32)29-35(33,34)22-12-6-11-21(28-22)30(4)19-9-5-8-18(26)14-19/h5-14,17H,15-16H2,1-4H3,(H,29,32). The second-order valence-corrected chi connectivity index (χ2v) is 11.5. The largest absolute Gasteiger partial charge is 0.351 e. The fraction of sp³-hybridized carbons (Fsp3) is 0.320. The zero-order valence-electron chi connectivity index (χ0n) is 20.1. The van der Waals surface area contributed by atoms with Gasteiger partial charge in [-0.1, -0.05) is 30.7 Å². The molecule has 3 aromatic rings. The highest BCUT2D eigenvalue weighted by atomic mass is 35.5. The molecule has 1 saturated heterocycles. The van der Waals surface area contributed by atoms with Crippen LogP contribution in [0.3, 0.4) is 0 Å². The van der Waals surface area contributed by atoms with E-state index in [1.165, 1.54) is 6.07 Å². The number of anilines is 3. The number of hydrogen-bond acceptors (Lipinski definition) is 7. The van der Waals surface area contributed by atoms with Gasteiger partial charge in [0.1, 0.15) is 11.6 Å². The Hall–Kier alpha value is -3.17. The van der Waals surface area contributed by atoms with Crippen molar-refractivity contribution in [1.29, 1.82) is 0 Å². The van der Waals surface area contributed by atoms with Gasteiger partial charge >= 0.3 is 0 Å². The molecule has 0 radical (unpaired) electrons. The number of sulfonamides is 1. The molecular weight excluding hydrogens is 486 g/mol. The first kappa shape index (κ1) is 24.9. The highest BCUT2D eigenvalue weighted by Crippen LogP contribution is 2.37. The third-order valence-corrected chi connectivity index (χ3v) is 7.58. The summed E-state index contributed by atoms with van der Waals surface area (Å²) in [5.41, 5.74) is 0.735. The third-order valence-electron chi connectivity index (χ3n) is 6.11. The molecule has 184 valence electrons. The highest BCUT2D eigenvalue weighted by Gasteiger charge is 2.39. The van der Waals surface area contributed by atoms with Crippen LogP contribution in [0, 0.1) is 5.92 Å². The van der Waals surface area contributed by atoms with Crippen LogP contribution in [0.25, 0.3) is 0 Å². The van der Waals surface area contributed by atoms with Gasteiger partial charge in [0, 0.05) is 36.0 Å². The van der Waals surface area contributed by atoms with E-state index in [2.05, 4.69) is 40.4 Å². The van der Waals surface area contributed by atoms with Gasteiger partial charge in [-0.2, -0.15) is 8.42 Å². The molecule has 8 nitrogen and oxygen atoms in total. The zero-order valence-corrected chi connectivity index (χ0v) is 21.6. The van der Waals surface area contributed by atoms with E-state index < -0.39 is 15.9 Å². The molecule has 1 aliphatic heterocycles. The zero-order chi connectivity index (χ0) is 25.4. The van der Waals surface area contributed by atoms with E-state index in [0.29, 0.717) is 22.6 Å². The molecule has 0 saturated carbocycles. The van der Waals surface area contributed by atoms with Crippen molar-refractivity contribution in [3.05, 3.63) is 71.4 Å². The minimum absolute atomic E-state index is 0.199. The second kappa shape index (κ2) is 9.47. The monoisotopic (exact) mass is 513 g/mol. The maximum atomic E-state index is 13.2. The minimum atomic E-state index is -4.24. The van der Waals surface area contributed by atoms with Crippen LogP contribution >= 0.6 is 11.6 Å². The first-order valence-electron chi connectivity index (χ1n) is 11.2. The Morgan fingerprint density at radius 1 is 1.17 bits per heavy atom. The van der Waals surface area contributed by atoms with E-state index in [0.717, 1.165) is 18.7 Å². The van der Waals surface area contributed by atoms with Gasteiger partial charge in [0.25, 0.3) is 15.9 Å². The van der Waals surface area contributed by atoms with Crippen molar-refractivity contribution in [2.24, 2.45) is 5.92 Å². The van der Waals surface area contributed by atoms with Crippen LogP contribution in [-0.2, 0) is 10.0 Å². The third kappa shape index (κ3) is 5.26. The lowest BCUT2D eigenvalue weighted by atomic mass is 9.97. The van der Waals surface area contributed by atoms with E-state index in [-0.39, 0.29) is 16.1 Å². The van der Waals surface area contributed by atoms with Gasteiger partial charge in [-0.05, 0) is 68.7 Å². The molecule has 0 spiro atoms. The maximum absolute atomic E-state index is 13.2. The maximum Gasteiger partial charge on any atom is 0.281 e. The highest BCUT2D eigenvalue weighted by molar-refractivity contribution is 7.90. The smallest absolute Gasteiger partial charge is 0.281 e. The van der Waals surface area contributed by atoms with Crippen LogP contribution in [0.5, 0.6) is 0 Å². The fourth-order valence-electron chi connectivity index (χ4n) is 4.54. The Balaban J connectivity index is 1.60. The summed E-state index contributed by atoms with van der Waals surface area (Å²) in [6.07, 6.45) is 2.55. The molecule has 35 heavy (non-hydrogen) atoms. The van der Waals surface area contributed by atoms with Crippen LogP contribution in [-0.4, -0.2) is 43.4 Å². The predicted octanol–water partition coefficient (Wildman–Crippen LogP) is 4.64. The van der Waals surface area contributed by atoms with Gasteiger partial charge in [0.2, 0.25) is 0 Å². The number of carbonyl (C=O) groups is 1. The summed E-state index contributed by atoms with van der Waals surface area (Å²) in [4.78, 5) is 25.7. The fourth-order valence-corrected chi connectivity index (χ4v) is 5.65. The number of benzene rings is 1. The summed E-state index contributed by atoms with van der Waals surface area (Å²) < 4.78 is 28.4. The average Bonchev–Trinajstić information content (AvgIpc) is 3.10.